The van der Waals surface area contributed by atoms with E-state index in [-0.39, 0.29) is 19.0 Å². The van der Waals surface area contributed by atoms with Crippen LogP contribution in [0.1, 0.15) is 28.4 Å². The van der Waals surface area contributed by atoms with Gasteiger partial charge in [-0.25, -0.2) is 0 Å². The Balaban J connectivity index is 1.15. The average Bonchev–Trinajstić information content (AvgIpc) is 3.00. The van der Waals surface area contributed by atoms with Crippen LogP contribution < -0.4 is 21.3 Å². The van der Waals surface area contributed by atoms with Crippen molar-refractivity contribution in [1.82, 2.24) is 31.2 Å². The standard InChI is InChI=1S/C29H30N6O6/c1-18(34-25(37)15-32-28(40)22-10-12-30-23-9-5-4-8-21(22)23)27(39)31-14-24(36)29(41)33-16-26(38)35-13-11-19-6-2-3-7-20(19)17-35/h2-10,12,18H,11,13-17H2,1H3,(H,31,39)(H,32,40)(H,33,41)(H,34,37)/t18-/m0/s1. The van der Waals surface area contributed by atoms with Gasteiger partial charge in [-0.1, -0.05) is 42.5 Å². The number of hydrogen-bond acceptors (Lipinski definition) is 7. The first-order valence-electron chi connectivity index (χ1n) is 13.1. The number of pyridine rings is 1. The predicted molar refractivity (Wildman–Crippen MR) is 148 cm³/mol. The Morgan fingerprint density at radius 2 is 1.59 bits per heavy atom. The fraction of sp³-hybridized carbons (Fsp3) is 0.276. The van der Waals surface area contributed by atoms with Gasteiger partial charge in [-0.2, -0.15) is 0 Å². The van der Waals surface area contributed by atoms with Crippen molar-refractivity contribution < 1.29 is 28.8 Å². The second kappa shape index (κ2) is 13.3. The highest BCUT2D eigenvalue weighted by Gasteiger charge is 2.23. The summed E-state index contributed by atoms with van der Waals surface area (Å²) < 4.78 is 0. The molecular weight excluding hydrogens is 528 g/mol. The molecule has 5 amide bonds. The van der Waals surface area contributed by atoms with Gasteiger partial charge in [0.15, 0.2) is 0 Å². The third-order valence-electron chi connectivity index (χ3n) is 6.63. The minimum Gasteiger partial charge on any atom is -0.347 e. The minimum atomic E-state index is -1.04. The molecule has 212 valence electrons. The molecule has 0 radical (unpaired) electrons. The largest absolute Gasteiger partial charge is 0.347 e. The van der Waals surface area contributed by atoms with Crippen molar-refractivity contribution in [2.45, 2.75) is 25.9 Å². The number of carbonyl (C=O) groups is 6. The minimum absolute atomic E-state index is 0.315. The molecule has 0 saturated carbocycles. The van der Waals surface area contributed by atoms with Crippen LogP contribution in [0.4, 0.5) is 0 Å². The van der Waals surface area contributed by atoms with Crippen LogP contribution in [0.25, 0.3) is 10.9 Å². The molecule has 0 fully saturated rings. The molecule has 0 bridgehead atoms. The van der Waals surface area contributed by atoms with Crippen LogP contribution in [0.2, 0.25) is 0 Å². The molecule has 1 atom stereocenters. The Morgan fingerprint density at radius 1 is 0.854 bits per heavy atom. The highest BCUT2D eigenvalue weighted by molar-refractivity contribution is 6.37. The maximum atomic E-state index is 12.6. The zero-order valence-corrected chi connectivity index (χ0v) is 22.4. The summed E-state index contributed by atoms with van der Waals surface area (Å²) in [7, 11) is 0. The number of nitrogens with zero attached hydrogens (tertiary/aromatic N) is 2. The molecular formula is C29H30N6O6. The first-order chi connectivity index (χ1) is 19.7. The van der Waals surface area contributed by atoms with E-state index in [4.69, 9.17) is 0 Å². The summed E-state index contributed by atoms with van der Waals surface area (Å²) >= 11 is 0. The number of para-hydroxylation sites is 1. The molecule has 4 rings (SSSR count). The van der Waals surface area contributed by atoms with Crippen molar-refractivity contribution >= 4 is 46.2 Å². The van der Waals surface area contributed by atoms with Gasteiger partial charge in [-0.05, 0) is 36.6 Å². The van der Waals surface area contributed by atoms with E-state index in [9.17, 15) is 28.8 Å². The lowest BCUT2D eigenvalue weighted by atomic mass is 10.00. The Labute approximate surface area is 235 Å². The number of fused-ring (bicyclic) bond motifs is 2. The van der Waals surface area contributed by atoms with Gasteiger partial charge in [0, 0.05) is 24.7 Å². The van der Waals surface area contributed by atoms with E-state index in [0.717, 1.165) is 5.56 Å². The number of rotatable bonds is 10. The molecule has 3 aromatic rings. The van der Waals surface area contributed by atoms with E-state index >= 15 is 0 Å². The van der Waals surface area contributed by atoms with Crippen LogP contribution in [0, 0.1) is 0 Å². The lowest BCUT2D eigenvalue weighted by molar-refractivity contribution is -0.140. The van der Waals surface area contributed by atoms with Crippen LogP contribution in [0.15, 0.2) is 60.8 Å². The van der Waals surface area contributed by atoms with Crippen molar-refractivity contribution in [3.8, 4) is 0 Å². The lowest BCUT2D eigenvalue weighted by Crippen LogP contribution is -2.50. The molecule has 12 nitrogen and oxygen atoms in total. The summed E-state index contributed by atoms with van der Waals surface area (Å²) in [6.07, 6.45) is 2.21. The number of benzene rings is 2. The fourth-order valence-corrected chi connectivity index (χ4v) is 4.38. The Kier molecular flexibility index (Phi) is 9.35. The van der Waals surface area contributed by atoms with Crippen molar-refractivity contribution in [3.63, 3.8) is 0 Å². The van der Waals surface area contributed by atoms with Gasteiger partial charge in [0.25, 0.3) is 11.8 Å². The van der Waals surface area contributed by atoms with Crippen LogP contribution in [0.5, 0.6) is 0 Å². The number of nitrogens with one attached hydrogen (secondary N) is 4. The van der Waals surface area contributed by atoms with Gasteiger partial charge in [-0.15, -0.1) is 0 Å². The maximum Gasteiger partial charge on any atom is 0.289 e. The van der Waals surface area contributed by atoms with Crippen molar-refractivity contribution in [2.24, 2.45) is 0 Å². The molecule has 0 saturated heterocycles. The van der Waals surface area contributed by atoms with Crippen LogP contribution in [-0.4, -0.2) is 77.4 Å². The number of aromatic nitrogens is 1. The number of hydrogen-bond donors (Lipinski definition) is 4. The fourth-order valence-electron chi connectivity index (χ4n) is 4.38. The van der Waals surface area contributed by atoms with Crippen LogP contribution in [0.3, 0.4) is 0 Å². The maximum absolute atomic E-state index is 12.6. The second-order valence-electron chi connectivity index (χ2n) is 9.51. The topological polar surface area (TPSA) is 167 Å². The Hall–Kier alpha value is -5.13. The molecule has 1 aromatic heterocycles. The molecule has 2 aromatic carbocycles. The molecule has 4 N–H and O–H groups in total. The van der Waals surface area contributed by atoms with E-state index in [1.807, 2.05) is 24.3 Å². The molecule has 12 heteroatoms. The van der Waals surface area contributed by atoms with Crippen molar-refractivity contribution in [2.75, 3.05) is 26.2 Å². The van der Waals surface area contributed by atoms with Gasteiger partial charge >= 0.3 is 0 Å². The number of ketones is 1. The first kappa shape index (κ1) is 28.9. The van der Waals surface area contributed by atoms with Crippen LogP contribution in [-0.2, 0) is 36.9 Å². The van der Waals surface area contributed by atoms with Gasteiger partial charge in [0.05, 0.1) is 30.7 Å². The SMILES string of the molecule is C[C@H](NC(=O)CNC(=O)c1ccnc2ccccc12)C(=O)NCC(=O)C(=O)NCC(=O)N1CCc2ccccc2C1. The molecule has 0 spiro atoms. The van der Waals surface area contributed by atoms with E-state index in [1.165, 1.54) is 18.7 Å². The zero-order chi connectivity index (χ0) is 29.4. The smallest absolute Gasteiger partial charge is 0.289 e. The molecule has 0 aliphatic carbocycles. The summed E-state index contributed by atoms with van der Waals surface area (Å²) in [6.45, 7) is 1.01. The summed E-state index contributed by atoms with van der Waals surface area (Å²) in [5.74, 6) is -4.05. The highest BCUT2D eigenvalue weighted by atomic mass is 16.2. The van der Waals surface area contributed by atoms with E-state index in [2.05, 4.69) is 26.3 Å². The van der Waals surface area contributed by atoms with E-state index < -0.39 is 42.0 Å². The van der Waals surface area contributed by atoms with Gasteiger partial charge in [0.2, 0.25) is 23.5 Å². The average molecular weight is 559 g/mol. The quantitative estimate of drug-likeness (QED) is 0.251. The third-order valence-corrected chi connectivity index (χ3v) is 6.63. The first-order valence-corrected chi connectivity index (χ1v) is 13.1. The lowest BCUT2D eigenvalue weighted by Gasteiger charge is -2.28. The van der Waals surface area contributed by atoms with Crippen molar-refractivity contribution in [1.29, 1.82) is 0 Å². The number of Topliss-reactive ketones (excluding diaryl/α,β-unsaturated/α-hetero) is 1. The van der Waals surface area contributed by atoms with Gasteiger partial charge < -0.3 is 26.2 Å². The normalized spacial score (nSPS) is 13.0. The van der Waals surface area contributed by atoms with Gasteiger partial charge in [-0.3, -0.25) is 33.8 Å². The summed E-state index contributed by atoms with van der Waals surface area (Å²) in [5.41, 5.74) is 3.22. The molecule has 2 heterocycles. The number of amides is 5. The van der Waals surface area contributed by atoms with Crippen molar-refractivity contribution in [3.05, 3.63) is 77.5 Å². The Bertz CT molecular complexity index is 1500. The molecule has 41 heavy (non-hydrogen) atoms. The number of carbonyl (C=O) groups excluding carboxylic acids is 6. The molecule has 1 aliphatic heterocycles. The molecule has 0 unspecified atom stereocenters. The van der Waals surface area contributed by atoms with Crippen LogP contribution >= 0.6 is 0 Å². The third kappa shape index (κ3) is 7.50. The second-order valence-corrected chi connectivity index (χ2v) is 9.51. The van der Waals surface area contributed by atoms with E-state index in [0.29, 0.717) is 36.0 Å². The van der Waals surface area contributed by atoms with E-state index in [1.54, 1.807) is 35.2 Å². The monoisotopic (exact) mass is 558 g/mol. The molecule has 1 aliphatic rings. The summed E-state index contributed by atoms with van der Waals surface area (Å²) in [4.78, 5) is 79.7. The van der Waals surface area contributed by atoms with Gasteiger partial charge in [0.1, 0.15) is 6.04 Å². The summed E-state index contributed by atoms with van der Waals surface area (Å²) in [6, 6.07) is 15.4. The Morgan fingerprint density at radius 3 is 2.39 bits per heavy atom. The zero-order valence-electron chi connectivity index (χ0n) is 22.4. The highest BCUT2D eigenvalue weighted by Crippen LogP contribution is 2.18. The summed E-state index contributed by atoms with van der Waals surface area (Å²) in [5, 5.41) is 10.1. The predicted octanol–water partition coefficient (Wildman–Crippen LogP) is -0.144.